The van der Waals surface area contributed by atoms with E-state index < -0.39 is 10.5 Å². The van der Waals surface area contributed by atoms with Crippen molar-refractivity contribution in [3.05, 3.63) is 105 Å². The number of benzene rings is 3. The molecule has 5 rings (SSSR count). The molecule has 32 heavy (non-hydrogen) atoms. The van der Waals surface area contributed by atoms with Gasteiger partial charge in [0.1, 0.15) is 30.0 Å². The van der Waals surface area contributed by atoms with Gasteiger partial charge in [-0.25, -0.2) is 9.69 Å². The molecule has 0 aliphatic carbocycles. The molecule has 8 heteroatoms. The van der Waals surface area contributed by atoms with Crippen molar-refractivity contribution in [1.82, 2.24) is 4.57 Å². The number of para-hydroxylation sites is 1. The van der Waals surface area contributed by atoms with Gasteiger partial charge in [0.05, 0.1) is 4.92 Å². The van der Waals surface area contributed by atoms with Crippen LogP contribution in [-0.2, 0) is 6.54 Å². The Kier molecular flexibility index (Phi) is 4.67. The van der Waals surface area contributed by atoms with E-state index in [2.05, 4.69) is 0 Å². The first kappa shape index (κ1) is 19.5. The highest BCUT2D eigenvalue weighted by atomic mass is 16.6. The van der Waals surface area contributed by atoms with Crippen LogP contribution in [-0.4, -0.2) is 21.1 Å². The number of nitro benzene ring substituents is 1. The molecule has 0 amide bonds. The molecule has 0 atom stereocenters. The average Bonchev–Trinajstić information content (AvgIpc) is 3.26. The molecule has 4 aromatic rings. The minimum atomic E-state index is -0.478. The first-order chi connectivity index (χ1) is 15.6. The minimum absolute atomic E-state index is 0.0620. The van der Waals surface area contributed by atoms with Crippen LogP contribution < -0.4 is 15.0 Å². The lowest BCUT2D eigenvalue weighted by molar-refractivity contribution is -0.679. The van der Waals surface area contributed by atoms with Crippen LogP contribution in [0.5, 0.6) is 5.88 Å². The molecule has 1 aromatic heterocycles. The van der Waals surface area contributed by atoms with Crippen molar-refractivity contribution in [2.75, 3.05) is 11.4 Å². The predicted octanol–water partition coefficient (Wildman–Crippen LogP) is 3.56. The van der Waals surface area contributed by atoms with E-state index >= 15 is 0 Å². The number of rotatable bonds is 4. The van der Waals surface area contributed by atoms with Crippen molar-refractivity contribution in [3.63, 3.8) is 0 Å². The van der Waals surface area contributed by atoms with E-state index in [9.17, 15) is 20.0 Å². The van der Waals surface area contributed by atoms with Gasteiger partial charge >= 0.3 is 11.5 Å². The van der Waals surface area contributed by atoms with Crippen LogP contribution in [0, 0.1) is 10.1 Å². The molecule has 0 unspecified atom stereocenters. The molecule has 1 aliphatic rings. The fourth-order valence-electron chi connectivity index (χ4n) is 4.09. The average molecular weight is 427 g/mol. The summed E-state index contributed by atoms with van der Waals surface area (Å²) < 4.78 is 3.21. The maximum Gasteiger partial charge on any atom is 0.375 e. The zero-order chi connectivity index (χ0) is 22.2. The van der Waals surface area contributed by atoms with Crippen molar-refractivity contribution < 1.29 is 14.6 Å². The van der Waals surface area contributed by atoms with E-state index in [0.29, 0.717) is 30.3 Å². The van der Waals surface area contributed by atoms with Crippen molar-refractivity contribution >= 4 is 17.3 Å². The molecule has 0 saturated heterocycles. The first-order valence-electron chi connectivity index (χ1n) is 10.1. The van der Waals surface area contributed by atoms with Gasteiger partial charge in [0.25, 0.3) is 11.6 Å². The summed E-state index contributed by atoms with van der Waals surface area (Å²) >= 11 is 0. The van der Waals surface area contributed by atoms with Crippen LogP contribution in [0.15, 0.2) is 89.7 Å². The fraction of sp³-hybridized carbons (Fsp3) is 0.0833. The van der Waals surface area contributed by atoms with E-state index in [-0.39, 0.29) is 17.1 Å². The molecule has 0 saturated carbocycles. The molecule has 3 aromatic carbocycles. The zero-order valence-electron chi connectivity index (χ0n) is 17.0. The molecule has 0 fully saturated rings. The third-order valence-electron chi connectivity index (χ3n) is 5.58. The maximum atomic E-state index is 13.8. The fourth-order valence-corrected chi connectivity index (χ4v) is 4.09. The summed E-state index contributed by atoms with van der Waals surface area (Å²) in [4.78, 5) is 26.4. The summed E-state index contributed by atoms with van der Waals surface area (Å²) in [7, 11) is 0. The second-order valence-electron chi connectivity index (χ2n) is 7.42. The van der Waals surface area contributed by atoms with Crippen LogP contribution in [0.2, 0.25) is 0 Å². The number of anilines is 2. The lowest BCUT2D eigenvalue weighted by atomic mass is 10.1. The Morgan fingerprint density at radius 2 is 1.50 bits per heavy atom. The highest BCUT2D eigenvalue weighted by Crippen LogP contribution is 2.32. The van der Waals surface area contributed by atoms with Gasteiger partial charge in [-0.3, -0.25) is 10.1 Å². The van der Waals surface area contributed by atoms with E-state index in [1.165, 1.54) is 16.7 Å². The Morgan fingerprint density at radius 3 is 2.12 bits per heavy atom. The Balaban J connectivity index is 1.81. The number of aromatic hydroxyl groups is 1. The molecule has 158 valence electrons. The molecule has 0 spiro atoms. The van der Waals surface area contributed by atoms with Crippen LogP contribution >= 0.6 is 0 Å². The summed E-state index contributed by atoms with van der Waals surface area (Å²) in [5, 5.41) is 22.2. The van der Waals surface area contributed by atoms with Crippen molar-refractivity contribution in [1.29, 1.82) is 0 Å². The van der Waals surface area contributed by atoms with E-state index in [1.807, 2.05) is 41.3 Å². The molecule has 0 bridgehead atoms. The van der Waals surface area contributed by atoms with Gasteiger partial charge in [-0.05, 0) is 29.8 Å². The number of fused-ring (bicyclic) bond motifs is 1. The molecule has 1 N–H and O–H groups in total. The second-order valence-corrected chi connectivity index (χ2v) is 7.42. The Hall–Kier alpha value is -4.46. The van der Waals surface area contributed by atoms with E-state index in [4.69, 9.17) is 0 Å². The summed E-state index contributed by atoms with van der Waals surface area (Å²) in [6.07, 6.45) is 0. The van der Waals surface area contributed by atoms with Crippen molar-refractivity contribution in [3.8, 4) is 22.7 Å². The Labute approximate surface area is 183 Å². The van der Waals surface area contributed by atoms with Gasteiger partial charge in [-0.1, -0.05) is 48.5 Å². The van der Waals surface area contributed by atoms with Gasteiger partial charge in [0, 0.05) is 12.1 Å². The number of nitrogens with zero attached hydrogens (tertiary/aromatic N) is 4. The minimum Gasteiger partial charge on any atom is -0.483 e. The molecule has 0 radical (unpaired) electrons. The number of aromatic nitrogens is 2. The summed E-state index contributed by atoms with van der Waals surface area (Å²) in [5.41, 5.74) is 1.66. The lowest BCUT2D eigenvalue weighted by Crippen LogP contribution is -2.40. The predicted molar refractivity (Wildman–Crippen MR) is 119 cm³/mol. The highest BCUT2D eigenvalue weighted by Gasteiger charge is 2.38. The number of non-ortho nitro benzene ring substituents is 1. The number of hydrogen-bond acceptors (Lipinski definition) is 5. The standard InChI is InChI=1S/C24H18N4O4/c29-22-21(17-7-3-1-4-8-17)23(30)27(19-11-13-20(14-12-19)28(31)32)24-25(15-16-26(22)24)18-9-5-2-6-10-18/h1-14H,15-16H2/p+1. The van der Waals surface area contributed by atoms with Crippen LogP contribution in [0.3, 0.4) is 0 Å². The third kappa shape index (κ3) is 3.09. The topological polar surface area (TPSA) is 92.5 Å². The lowest BCUT2D eigenvalue weighted by Gasteiger charge is -2.16. The SMILES string of the molecule is O=c1c(-c2ccccc2)c(O)[n+]2c(n1-c1ccc([N+](=O)[O-])cc1)N(c1ccccc1)CC2. The van der Waals surface area contributed by atoms with Crippen molar-refractivity contribution in [2.24, 2.45) is 0 Å². The zero-order valence-corrected chi connectivity index (χ0v) is 17.0. The third-order valence-corrected chi connectivity index (χ3v) is 5.58. The smallest absolute Gasteiger partial charge is 0.375 e. The van der Waals surface area contributed by atoms with Gasteiger partial charge < -0.3 is 5.11 Å². The molecular weight excluding hydrogens is 408 g/mol. The molecule has 8 nitrogen and oxygen atoms in total. The Bertz CT molecular complexity index is 1370. The highest BCUT2D eigenvalue weighted by molar-refractivity contribution is 5.69. The van der Waals surface area contributed by atoms with Crippen molar-refractivity contribution in [2.45, 2.75) is 6.54 Å². The molecule has 1 aliphatic heterocycles. The second kappa shape index (κ2) is 7.66. The van der Waals surface area contributed by atoms with Crippen LogP contribution in [0.25, 0.3) is 16.8 Å². The first-order valence-corrected chi connectivity index (χ1v) is 10.1. The maximum absolute atomic E-state index is 13.8. The van der Waals surface area contributed by atoms with Gasteiger partial charge in [-0.2, -0.15) is 9.13 Å². The number of nitro groups is 1. The van der Waals surface area contributed by atoms with Gasteiger partial charge in [0.2, 0.25) is 0 Å². The molecule has 2 heterocycles. The largest absolute Gasteiger partial charge is 0.483 e. The molecular formula is C24H19N4O4+. The van der Waals surface area contributed by atoms with Crippen LogP contribution in [0.4, 0.5) is 17.3 Å². The summed E-state index contributed by atoms with van der Waals surface area (Å²) in [5.74, 6) is 0.389. The van der Waals surface area contributed by atoms with Gasteiger partial charge in [0.15, 0.2) is 0 Å². The van der Waals surface area contributed by atoms with Gasteiger partial charge in [-0.15, -0.1) is 0 Å². The van der Waals surface area contributed by atoms with E-state index in [1.54, 1.807) is 41.0 Å². The summed E-state index contributed by atoms with van der Waals surface area (Å²) in [6, 6.07) is 24.4. The quantitative estimate of drug-likeness (QED) is 0.305. The number of hydrogen-bond donors (Lipinski definition) is 1. The monoisotopic (exact) mass is 427 g/mol. The van der Waals surface area contributed by atoms with Crippen LogP contribution in [0.1, 0.15) is 0 Å². The normalized spacial score (nSPS) is 12.6. The van der Waals surface area contributed by atoms with E-state index in [0.717, 1.165) is 5.69 Å². The summed E-state index contributed by atoms with van der Waals surface area (Å²) in [6.45, 7) is 1.03. The Morgan fingerprint density at radius 1 is 0.875 bits per heavy atom.